The number of nitrogens with zero attached hydrogens (tertiary/aromatic N) is 3. The molecule has 2 amide bonds. The van der Waals surface area contributed by atoms with Gasteiger partial charge in [0.15, 0.2) is 11.9 Å². The van der Waals surface area contributed by atoms with E-state index in [9.17, 15) is 9.59 Å². The molecule has 0 N–H and O–H groups in total. The van der Waals surface area contributed by atoms with E-state index in [1.54, 1.807) is 31.4 Å². The van der Waals surface area contributed by atoms with Gasteiger partial charge in [-0.1, -0.05) is 37.5 Å². The summed E-state index contributed by atoms with van der Waals surface area (Å²) in [5.74, 6) is 0.335. The number of hydrogen-bond acceptors (Lipinski definition) is 5. The molecule has 5 rings (SSSR count). The van der Waals surface area contributed by atoms with Crippen molar-refractivity contribution < 1.29 is 19.1 Å². The average molecular weight is 462 g/mol. The molecule has 1 aromatic carbocycles. The fourth-order valence-corrected chi connectivity index (χ4v) is 5.21. The third-order valence-electron chi connectivity index (χ3n) is 7.11. The van der Waals surface area contributed by atoms with Crippen molar-refractivity contribution in [3.8, 4) is 5.75 Å². The van der Waals surface area contributed by atoms with E-state index in [0.29, 0.717) is 23.1 Å². The molecule has 4 aliphatic rings. The Kier molecular flexibility index (Phi) is 6.63. The Morgan fingerprint density at radius 1 is 1.12 bits per heavy atom. The Hall–Kier alpha value is -3.19. The first kappa shape index (κ1) is 22.6. The number of benzene rings is 1. The Balaban J connectivity index is 1.25. The van der Waals surface area contributed by atoms with Gasteiger partial charge in [-0.15, -0.1) is 0 Å². The molecule has 34 heavy (non-hydrogen) atoms. The van der Waals surface area contributed by atoms with Gasteiger partial charge >= 0.3 is 5.91 Å². The second kappa shape index (κ2) is 9.97. The Bertz CT molecular complexity index is 1070. The summed E-state index contributed by atoms with van der Waals surface area (Å²) in [7, 11) is 1.58. The lowest BCUT2D eigenvalue weighted by Crippen LogP contribution is -2.52. The summed E-state index contributed by atoms with van der Waals surface area (Å²) in [6, 6.07) is 8.09. The van der Waals surface area contributed by atoms with Crippen LogP contribution in [0.3, 0.4) is 0 Å². The van der Waals surface area contributed by atoms with E-state index in [1.807, 2.05) is 29.2 Å². The van der Waals surface area contributed by atoms with Gasteiger partial charge in [-0.3, -0.25) is 14.5 Å². The van der Waals surface area contributed by atoms with Crippen molar-refractivity contribution in [2.75, 3.05) is 33.3 Å². The van der Waals surface area contributed by atoms with Crippen LogP contribution in [-0.2, 0) is 14.3 Å². The molecule has 0 radical (unpaired) electrons. The van der Waals surface area contributed by atoms with Crippen molar-refractivity contribution in [2.24, 2.45) is 4.99 Å². The molecule has 1 saturated carbocycles. The molecule has 0 bridgehead atoms. The van der Waals surface area contributed by atoms with Crippen molar-refractivity contribution in [3.05, 3.63) is 59.4 Å². The van der Waals surface area contributed by atoms with Crippen molar-refractivity contribution in [1.82, 2.24) is 9.80 Å². The van der Waals surface area contributed by atoms with Gasteiger partial charge in [-0.25, -0.2) is 4.99 Å². The van der Waals surface area contributed by atoms with Crippen molar-refractivity contribution >= 4 is 23.6 Å². The summed E-state index contributed by atoms with van der Waals surface area (Å²) in [5, 5.41) is 0. The highest BCUT2D eigenvalue weighted by molar-refractivity contribution is 6.17. The number of fused-ring (bicyclic) bond motifs is 1. The molecular weight excluding hydrogens is 430 g/mol. The van der Waals surface area contributed by atoms with E-state index in [0.717, 1.165) is 31.7 Å². The maximum atomic E-state index is 13.2. The standard InChI is InChI=1S/C27H31N3O4/c1-33-23-10-6-5-7-19(23)18-25-26(31)28-22-17-20(11-12-24(22)34-25)27(32)30-15-13-29(14-16-30)21-8-3-2-4-9-21/h5-7,10-12,17-18,21,24H,2-4,8-9,13-16H2,1H3/b25-18-. The lowest BCUT2D eigenvalue weighted by Gasteiger charge is -2.41. The molecule has 2 heterocycles. The van der Waals surface area contributed by atoms with Gasteiger partial charge in [-0.2, -0.15) is 0 Å². The van der Waals surface area contributed by atoms with Crippen molar-refractivity contribution in [1.29, 1.82) is 0 Å². The monoisotopic (exact) mass is 461 g/mol. The molecule has 2 aliphatic carbocycles. The number of carbonyl (C=O) groups excluding carboxylic acids is 2. The number of para-hydroxylation sites is 1. The van der Waals surface area contributed by atoms with E-state index >= 15 is 0 Å². The van der Waals surface area contributed by atoms with Crippen LogP contribution in [0.2, 0.25) is 0 Å². The van der Waals surface area contributed by atoms with Gasteiger partial charge in [-0.05, 0) is 43.2 Å². The summed E-state index contributed by atoms with van der Waals surface area (Å²) in [6.45, 7) is 3.32. The van der Waals surface area contributed by atoms with Crippen LogP contribution in [0.25, 0.3) is 6.08 Å². The highest BCUT2D eigenvalue weighted by Crippen LogP contribution is 2.27. The fraction of sp³-hybridized carbons (Fsp3) is 0.444. The van der Waals surface area contributed by atoms with E-state index in [4.69, 9.17) is 9.47 Å². The zero-order valence-corrected chi connectivity index (χ0v) is 19.6. The quantitative estimate of drug-likeness (QED) is 0.643. The van der Waals surface area contributed by atoms with Crippen LogP contribution >= 0.6 is 0 Å². The lowest BCUT2D eigenvalue weighted by atomic mass is 9.93. The normalized spacial score (nSPS) is 24.9. The predicted octanol–water partition coefficient (Wildman–Crippen LogP) is 3.38. The van der Waals surface area contributed by atoms with Gasteiger partial charge in [0.25, 0.3) is 5.91 Å². The summed E-state index contributed by atoms with van der Waals surface area (Å²) in [4.78, 5) is 34.5. The number of hydrogen-bond donors (Lipinski definition) is 0. The van der Waals surface area contributed by atoms with Crippen LogP contribution in [0.5, 0.6) is 5.75 Å². The number of piperazine rings is 1. The van der Waals surface area contributed by atoms with Gasteiger partial charge < -0.3 is 14.4 Å². The highest BCUT2D eigenvalue weighted by Gasteiger charge is 2.32. The minimum absolute atomic E-state index is 0.0106. The maximum absolute atomic E-state index is 13.2. The molecule has 7 nitrogen and oxygen atoms in total. The van der Waals surface area contributed by atoms with Crippen LogP contribution in [0, 0.1) is 0 Å². The predicted molar refractivity (Wildman–Crippen MR) is 131 cm³/mol. The number of ether oxygens (including phenoxy) is 2. The van der Waals surface area contributed by atoms with E-state index in [1.165, 1.54) is 32.1 Å². The van der Waals surface area contributed by atoms with Crippen LogP contribution in [0.15, 0.2) is 58.8 Å². The minimum atomic E-state index is -0.488. The highest BCUT2D eigenvalue weighted by atomic mass is 16.5. The first-order valence-corrected chi connectivity index (χ1v) is 12.2. The fourth-order valence-electron chi connectivity index (χ4n) is 5.21. The Morgan fingerprint density at radius 2 is 1.88 bits per heavy atom. The van der Waals surface area contributed by atoms with Gasteiger partial charge in [0.2, 0.25) is 0 Å². The van der Waals surface area contributed by atoms with Crippen LogP contribution in [0.4, 0.5) is 0 Å². The first-order valence-electron chi connectivity index (χ1n) is 12.2. The van der Waals surface area contributed by atoms with Crippen molar-refractivity contribution in [3.63, 3.8) is 0 Å². The third-order valence-corrected chi connectivity index (χ3v) is 7.11. The van der Waals surface area contributed by atoms with Gasteiger partial charge in [0, 0.05) is 43.4 Å². The maximum Gasteiger partial charge on any atom is 0.312 e. The van der Waals surface area contributed by atoms with Gasteiger partial charge in [0.1, 0.15) is 5.75 Å². The molecule has 1 atom stereocenters. The third kappa shape index (κ3) is 4.71. The summed E-state index contributed by atoms with van der Waals surface area (Å²) >= 11 is 0. The van der Waals surface area contributed by atoms with E-state index in [-0.39, 0.29) is 11.7 Å². The Morgan fingerprint density at radius 3 is 2.65 bits per heavy atom. The largest absolute Gasteiger partial charge is 0.496 e. The summed E-state index contributed by atoms with van der Waals surface area (Å²) in [5.41, 5.74) is 1.76. The topological polar surface area (TPSA) is 71.4 Å². The molecule has 1 aromatic rings. The SMILES string of the molecule is COc1ccccc1/C=C1\OC2C=CC(C(=O)N3CCN(C4CCCCC4)CC3)=CC2=NC1=O. The minimum Gasteiger partial charge on any atom is -0.496 e. The van der Waals surface area contributed by atoms with Crippen LogP contribution in [0.1, 0.15) is 37.7 Å². The molecule has 1 saturated heterocycles. The zero-order valence-electron chi connectivity index (χ0n) is 19.6. The number of rotatable bonds is 4. The Labute approximate surface area is 200 Å². The zero-order chi connectivity index (χ0) is 23.5. The van der Waals surface area contributed by atoms with Gasteiger partial charge in [0.05, 0.1) is 12.8 Å². The van der Waals surface area contributed by atoms with Crippen LogP contribution < -0.4 is 4.74 Å². The molecule has 2 aliphatic heterocycles. The number of amides is 2. The van der Waals surface area contributed by atoms with Crippen LogP contribution in [-0.4, -0.2) is 72.8 Å². The first-order chi connectivity index (χ1) is 16.6. The van der Waals surface area contributed by atoms with E-state index in [2.05, 4.69) is 9.89 Å². The lowest BCUT2D eigenvalue weighted by molar-refractivity contribution is -0.129. The molecule has 7 heteroatoms. The number of methoxy groups -OCH3 is 1. The second-order valence-corrected chi connectivity index (χ2v) is 9.21. The average Bonchev–Trinajstić information content (AvgIpc) is 2.89. The smallest absolute Gasteiger partial charge is 0.312 e. The number of carbonyl (C=O) groups is 2. The molecule has 178 valence electrons. The molecule has 2 fully saturated rings. The number of aliphatic imine (C=N–C) groups is 1. The van der Waals surface area contributed by atoms with Crippen molar-refractivity contribution in [2.45, 2.75) is 44.2 Å². The molecular formula is C27H31N3O4. The summed E-state index contributed by atoms with van der Waals surface area (Å²) < 4.78 is 11.3. The second-order valence-electron chi connectivity index (χ2n) is 9.21. The molecule has 0 spiro atoms. The molecule has 1 unspecified atom stereocenters. The van der Waals surface area contributed by atoms with E-state index < -0.39 is 12.0 Å². The summed E-state index contributed by atoms with van der Waals surface area (Å²) in [6.07, 6.45) is 13.0. The molecule has 0 aromatic heterocycles.